The maximum atomic E-state index is 12.9. The number of carbonyl (C=O) groups excluding carboxylic acids is 1. The first kappa shape index (κ1) is 18.6. The normalized spacial score (nSPS) is 15.3. The summed E-state index contributed by atoms with van der Waals surface area (Å²) in [6, 6.07) is 4.68. The van der Waals surface area contributed by atoms with Crippen molar-refractivity contribution in [2.45, 2.75) is 13.8 Å². The van der Waals surface area contributed by atoms with Gasteiger partial charge < -0.3 is 19.3 Å². The van der Waals surface area contributed by atoms with Crippen molar-refractivity contribution >= 4 is 28.2 Å². The maximum absolute atomic E-state index is 12.9. The van der Waals surface area contributed by atoms with Crippen LogP contribution in [0.2, 0.25) is 0 Å². The molecule has 0 atom stereocenters. The number of aromatic hydroxyl groups is 1. The molecule has 2 aromatic heterocycles. The van der Waals surface area contributed by atoms with E-state index in [1.54, 1.807) is 19.1 Å². The quantitative estimate of drug-likeness (QED) is 0.667. The molecule has 1 N–H and O–H groups in total. The summed E-state index contributed by atoms with van der Waals surface area (Å²) in [6.07, 6.45) is 0. The van der Waals surface area contributed by atoms with Crippen LogP contribution < -0.4 is 5.63 Å². The minimum atomic E-state index is -0.525. The van der Waals surface area contributed by atoms with Gasteiger partial charge >= 0.3 is 5.63 Å². The fourth-order valence-electron chi connectivity index (χ4n) is 3.45. The van der Waals surface area contributed by atoms with Gasteiger partial charge in [0.25, 0.3) is 5.91 Å². The van der Waals surface area contributed by atoms with Crippen LogP contribution in [0.25, 0.3) is 21.5 Å². The van der Waals surface area contributed by atoms with Crippen molar-refractivity contribution in [1.82, 2.24) is 14.8 Å². The molecular weight excluding hydrogens is 378 g/mol. The van der Waals surface area contributed by atoms with Gasteiger partial charge in [0, 0.05) is 37.6 Å². The summed E-state index contributed by atoms with van der Waals surface area (Å²) < 4.78 is 5.40. The molecule has 1 fully saturated rings. The number of phenolic OH excluding ortho intramolecular Hbond substituents is 1. The van der Waals surface area contributed by atoms with E-state index in [1.807, 2.05) is 18.9 Å². The van der Waals surface area contributed by atoms with Crippen LogP contribution in [-0.2, 0) is 0 Å². The van der Waals surface area contributed by atoms with Crippen LogP contribution in [0.4, 0.5) is 0 Å². The van der Waals surface area contributed by atoms with Crippen LogP contribution >= 0.6 is 11.3 Å². The van der Waals surface area contributed by atoms with Gasteiger partial charge in [-0.25, -0.2) is 9.78 Å². The lowest BCUT2D eigenvalue weighted by molar-refractivity contribution is 0.0668. The number of piperazine rings is 1. The Bertz CT molecular complexity index is 1130. The van der Waals surface area contributed by atoms with E-state index in [9.17, 15) is 14.7 Å². The summed E-state index contributed by atoms with van der Waals surface area (Å²) in [6.45, 7) is 6.67. The number of aromatic nitrogens is 1. The predicted octanol–water partition coefficient (Wildman–Crippen LogP) is 2.63. The number of nitrogens with zero attached hydrogens (tertiary/aromatic N) is 3. The Labute approximate surface area is 165 Å². The molecule has 1 saturated heterocycles. The Morgan fingerprint density at radius 1 is 1.21 bits per heavy atom. The number of hydrogen-bond acceptors (Lipinski definition) is 7. The highest BCUT2D eigenvalue weighted by atomic mass is 32.1. The summed E-state index contributed by atoms with van der Waals surface area (Å²) in [7, 11) is 2.04. The van der Waals surface area contributed by atoms with Gasteiger partial charge in [-0.1, -0.05) is 0 Å². The first-order valence-electron chi connectivity index (χ1n) is 9.07. The van der Waals surface area contributed by atoms with Crippen LogP contribution in [0, 0.1) is 13.8 Å². The van der Waals surface area contributed by atoms with E-state index in [1.165, 1.54) is 17.4 Å². The number of benzene rings is 1. The van der Waals surface area contributed by atoms with Crippen LogP contribution in [-0.4, -0.2) is 59.0 Å². The highest BCUT2D eigenvalue weighted by Crippen LogP contribution is 2.32. The number of amides is 1. The van der Waals surface area contributed by atoms with Crippen LogP contribution in [0.5, 0.6) is 5.75 Å². The molecule has 0 unspecified atom stereocenters. The molecule has 0 aliphatic carbocycles. The van der Waals surface area contributed by atoms with Crippen LogP contribution in [0.15, 0.2) is 27.4 Å². The first-order valence-corrected chi connectivity index (χ1v) is 9.89. The number of thiazole rings is 1. The van der Waals surface area contributed by atoms with Gasteiger partial charge in [0.2, 0.25) is 0 Å². The lowest BCUT2D eigenvalue weighted by Crippen LogP contribution is -2.47. The van der Waals surface area contributed by atoms with Gasteiger partial charge in [-0.15, -0.1) is 11.3 Å². The third kappa shape index (κ3) is 3.18. The van der Waals surface area contributed by atoms with Crippen molar-refractivity contribution in [3.05, 3.63) is 44.8 Å². The predicted molar refractivity (Wildman–Crippen MR) is 108 cm³/mol. The molecule has 8 heteroatoms. The van der Waals surface area contributed by atoms with Crippen molar-refractivity contribution in [3.8, 4) is 16.3 Å². The zero-order chi connectivity index (χ0) is 20.0. The molecule has 28 heavy (non-hydrogen) atoms. The Hall–Kier alpha value is -2.71. The molecule has 0 radical (unpaired) electrons. The Balaban J connectivity index is 1.75. The van der Waals surface area contributed by atoms with Crippen molar-refractivity contribution < 1.29 is 14.3 Å². The first-order chi connectivity index (χ1) is 13.3. The summed E-state index contributed by atoms with van der Waals surface area (Å²) >= 11 is 1.23. The minimum absolute atomic E-state index is 0.0351. The van der Waals surface area contributed by atoms with Crippen LogP contribution in [0.3, 0.4) is 0 Å². The largest absolute Gasteiger partial charge is 0.508 e. The van der Waals surface area contributed by atoms with E-state index in [0.717, 1.165) is 24.0 Å². The zero-order valence-electron chi connectivity index (χ0n) is 16.0. The average molecular weight is 399 g/mol. The molecule has 1 aromatic carbocycles. The highest BCUT2D eigenvalue weighted by Gasteiger charge is 2.26. The molecule has 7 nitrogen and oxygen atoms in total. The number of likely N-dealkylation sites (N-methyl/N-ethyl adjacent to an activating group) is 1. The number of aryl methyl sites for hydroxylation is 2. The van der Waals surface area contributed by atoms with Crippen molar-refractivity contribution in [2.75, 3.05) is 33.2 Å². The van der Waals surface area contributed by atoms with E-state index in [4.69, 9.17) is 4.42 Å². The van der Waals surface area contributed by atoms with E-state index in [0.29, 0.717) is 39.8 Å². The fraction of sp³-hybridized carbons (Fsp3) is 0.350. The van der Waals surface area contributed by atoms with Crippen molar-refractivity contribution in [1.29, 1.82) is 0 Å². The van der Waals surface area contributed by atoms with Gasteiger partial charge in [-0.2, -0.15) is 0 Å². The zero-order valence-corrected chi connectivity index (χ0v) is 16.8. The van der Waals surface area contributed by atoms with Gasteiger partial charge in [0.05, 0.1) is 11.3 Å². The standard InChI is InChI=1S/C20H21N3O4S/c1-11-14-5-4-13(24)10-15(14)27-20(26)16(11)18-21-12(2)17(28-18)19(25)23-8-6-22(3)7-9-23/h4-5,10,24H,6-9H2,1-3H3. The second-order valence-corrected chi connectivity index (χ2v) is 8.10. The number of hydrogen-bond donors (Lipinski definition) is 1. The molecule has 146 valence electrons. The second-order valence-electron chi connectivity index (χ2n) is 7.10. The second kappa shape index (κ2) is 7.03. The van der Waals surface area contributed by atoms with Gasteiger partial charge in [-0.05, 0) is 38.6 Å². The molecule has 0 saturated carbocycles. The lowest BCUT2D eigenvalue weighted by Gasteiger charge is -2.32. The molecule has 1 aliphatic rings. The topological polar surface area (TPSA) is 86.9 Å². The Kier molecular flexibility index (Phi) is 4.68. The van der Waals surface area contributed by atoms with Crippen molar-refractivity contribution in [2.24, 2.45) is 0 Å². The van der Waals surface area contributed by atoms with E-state index >= 15 is 0 Å². The number of carbonyl (C=O) groups is 1. The highest BCUT2D eigenvalue weighted by molar-refractivity contribution is 7.17. The van der Waals surface area contributed by atoms with Gasteiger partial charge in [-0.3, -0.25) is 4.79 Å². The van der Waals surface area contributed by atoms with Gasteiger partial charge in [0.1, 0.15) is 21.2 Å². The smallest absolute Gasteiger partial charge is 0.346 e. The number of fused-ring (bicyclic) bond motifs is 1. The molecule has 0 bridgehead atoms. The third-order valence-corrected chi connectivity index (χ3v) is 6.31. The monoisotopic (exact) mass is 399 g/mol. The maximum Gasteiger partial charge on any atom is 0.346 e. The van der Waals surface area contributed by atoms with E-state index in [-0.39, 0.29) is 11.7 Å². The molecule has 4 rings (SSSR count). The van der Waals surface area contributed by atoms with Gasteiger partial charge in [0.15, 0.2) is 0 Å². The number of phenols is 1. The summed E-state index contributed by atoms with van der Waals surface area (Å²) in [5.41, 5.74) is 1.51. The summed E-state index contributed by atoms with van der Waals surface area (Å²) in [5, 5.41) is 10.8. The average Bonchev–Trinajstić information content (AvgIpc) is 3.02. The minimum Gasteiger partial charge on any atom is -0.508 e. The SMILES string of the molecule is Cc1nc(-c2c(C)c3ccc(O)cc3oc2=O)sc1C(=O)N1CCN(C)CC1. The van der Waals surface area contributed by atoms with Crippen molar-refractivity contribution in [3.63, 3.8) is 0 Å². The molecule has 0 spiro atoms. The molecular formula is C20H21N3O4S. The third-order valence-electron chi connectivity index (χ3n) is 5.15. The van der Waals surface area contributed by atoms with E-state index in [2.05, 4.69) is 9.88 Å². The van der Waals surface area contributed by atoms with Crippen LogP contribution in [0.1, 0.15) is 20.9 Å². The molecule has 1 aliphatic heterocycles. The Morgan fingerprint density at radius 2 is 1.93 bits per heavy atom. The molecule has 3 heterocycles. The summed E-state index contributed by atoms with van der Waals surface area (Å²) in [5.74, 6) is -0.00458. The number of rotatable bonds is 2. The van der Waals surface area contributed by atoms with E-state index < -0.39 is 5.63 Å². The lowest BCUT2D eigenvalue weighted by atomic mass is 10.1. The Morgan fingerprint density at radius 3 is 2.64 bits per heavy atom. The fourth-order valence-corrected chi connectivity index (χ4v) is 4.57. The molecule has 1 amide bonds. The molecule has 3 aromatic rings. The summed E-state index contributed by atoms with van der Waals surface area (Å²) in [4.78, 5) is 34.6.